The van der Waals surface area contributed by atoms with Crippen molar-refractivity contribution in [3.63, 3.8) is 0 Å². The Morgan fingerprint density at radius 3 is 2.51 bits per heavy atom. The first kappa shape index (κ1) is 30.3. The highest BCUT2D eigenvalue weighted by molar-refractivity contribution is 7.92. The number of anilines is 2. The zero-order chi connectivity index (χ0) is 29.9. The number of ether oxygens (including phenoxy) is 2. The number of nitrogens with zero attached hydrogens (tertiary/aromatic N) is 2. The summed E-state index contributed by atoms with van der Waals surface area (Å²) >= 11 is 0. The summed E-state index contributed by atoms with van der Waals surface area (Å²) in [6.45, 7) is 9.93. The maximum Gasteiger partial charge on any atom is 0.255 e. The molecule has 0 aliphatic carbocycles. The van der Waals surface area contributed by atoms with Gasteiger partial charge in [0, 0.05) is 37.5 Å². The van der Waals surface area contributed by atoms with E-state index in [1.807, 2.05) is 33.8 Å². The zero-order valence-electron chi connectivity index (χ0n) is 24.3. The van der Waals surface area contributed by atoms with Gasteiger partial charge in [-0.2, -0.15) is 0 Å². The fourth-order valence-electron chi connectivity index (χ4n) is 4.61. The van der Waals surface area contributed by atoms with Crippen LogP contribution in [0.15, 0.2) is 48.7 Å². The van der Waals surface area contributed by atoms with E-state index in [4.69, 9.17) is 9.47 Å². The first-order chi connectivity index (χ1) is 19.2. The summed E-state index contributed by atoms with van der Waals surface area (Å²) in [5.74, 6) is 0.899. The Kier molecular flexibility index (Phi) is 8.91. The van der Waals surface area contributed by atoms with Crippen molar-refractivity contribution < 1.29 is 27.8 Å². The number of benzene rings is 2. The molecule has 1 unspecified atom stereocenters. The molecule has 3 N–H and O–H groups in total. The number of methoxy groups -OCH3 is 1. The third kappa shape index (κ3) is 7.96. The lowest BCUT2D eigenvalue weighted by Crippen LogP contribution is -2.22. The summed E-state index contributed by atoms with van der Waals surface area (Å²) in [6.07, 6.45) is 3.20. The van der Waals surface area contributed by atoms with E-state index in [9.17, 15) is 18.3 Å². The van der Waals surface area contributed by atoms with Gasteiger partial charge in [-0.1, -0.05) is 26.8 Å². The smallest absolute Gasteiger partial charge is 0.255 e. The Hall–Kier alpha value is -3.67. The molecule has 1 aliphatic heterocycles. The van der Waals surface area contributed by atoms with Gasteiger partial charge in [-0.3, -0.25) is 19.4 Å². The molecule has 2 heterocycles. The number of likely N-dealkylation sites (tertiary alicyclic amines) is 1. The van der Waals surface area contributed by atoms with Gasteiger partial charge in [0.15, 0.2) is 5.75 Å². The molecule has 1 fully saturated rings. The van der Waals surface area contributed by atoms with Crippen LogP contribution in [-0.4, -0.2) is 61.9 Å². The maximum absolute atomic E-state index is 13.4. The van der Waals surface area contributed by atoms with Gasteiger partial charge in [0.25, 0.3) is 5.91 Å². The van der Waals surface area contributed by atoms with Crippen LogP contribution >= 0.6 is 0 Å². The molecule has 10 nitrogen and oxygen atoms in total. The highest BCUT2D eigenvalue weighted by atomic mass is 32.2. The number of carbonyl (C=O) groups is 1. The Balaban J connectivity index is 1.59. The molecule has 0 spiro atoms. The molecule has 0 radical (unpaired) electrons. The van der Waals surface area contributed by atoms with E-state index in [-0.39, 0.29) is 23.0 Å². The third-order valence-corrected chi connectivity index (χ3v) is 7.39. The second kappa shape index (κ2) is 12.1. The molecule has 2 aromatic carbocycles. The van der Waals surface area contributed by atoms with Gasteiger partial charge in [0.1, 0.15) is 11.5 Å². The zero-order valence-corrected chi connectivity index (χ0v) is 25.1. The Bertz CT molecular complexity index is 1530. The molecular formula is C30H38N4O6S. The van der Waals surface area contributed by atoms with E-state index in [0.29, 0.717) is 35.8 Å². The van der Waals surface area contributed by atoms with Crippen LogP contribution in [-0.2, 0) is 22.0 Å². The highest BCUT2D eigenvalue weighted by Gasteiger charge is 2.23. The van der Waals surface area contributed by atoms with Crippen molar-refractivity contribution in [2.24, 2.45) is 0 Å². The average Bonchev–Trinajstić information content (AvgIpc) is 3.28. The van der Waals surface area contributed by atoms with Crippen molar-refractivity contribution >= 4 is 27.3 Å². The molecule has 1 saturated heterocycles. The lowest BCUT2D eigenvalue weighted by Gasteiger charge is -2.24. The number of hydrogen-bond acceptors (Lipinski definition) is 8. The van der Waals surface area contributed by atoms with Gasteiger partial charge >= 0.3 is 0 Å². The van der Waals surface area contributed by atoms with Crippen LogP contribution in [0.5, 0.6) is 17.2 Å². The van der Waals surface area contributed by atoms with Crippen LogP contribution in [0.2, 0.25) is 0 Å². The molecule has 11 heteroatoms. The molecule has 1 aromatic heterocycles. The highest BCUT2D eigenvalue weighted by Crippen LogP contribution is 2.39. The number of amides is 1. The predicted molar refractivity (Wildman–Crippen MR) is 160 cm³/mol. The average molecular weight is 583 g/mol. The second-order valence-electron chi connectivity index (χ2n) is 11.4. The molecule has 4 rings (SSSR count). The van der Waals surface area contributed by atoms with Crippen molar-refractivity contribution in [2.45, 2.75) is 52.2 Å². The van der Waals surface area contributed by atoms with E-state index in [2.05, 4.69) is 19.9 Å². The molecular weight excluding hydrogens is 544 g/mol. The van der Waals surface area contributed by atoms with Crippen LogP contribution in [0.3, 0.4) is 0 Å². The SMILES string of the molecule is COc1c(NC(=O)c2ccc(C)c(Oc3ccnc(CN4CCC(O)C4)c3)c2)cc(C(C)(C)C)cc1NS(C)(=O)=O. The molecule has 1 amide bonds. The number of carbonyl (C=O) groups excluding carboxylic acids is 1. The summed E-state index contributed by atoms with van der Waals surface area (Å²) in [5, 5.41) is 12.7. The first-order valence-electron chi connectivity index (χ1n) is 13.4. The van der Waals surface area contributed by atoms with Crippen molar-refractivity contribution in [3.8, 4) is 17.2 Å². The van der Waals surface area contributed by atoms with Crippen molar-refractivity contribution in [1.82, 2.24) is 9.88 Å². The van der Waals surface area contributed by atoms with Crippen molar-refractivity contribution in [1.29, 1.82) is 0 Å². The molecule has 3 aromatic rings. The summed E-state index contributed by atoms with van der Waals surface area (Å²) in [5.41, 5.74) is 3.08. The topological polar surface area (TPSA) is 130 Å². The summed E-state index contributed by atoms with van der Waals surface area (Å²) in [7, 11) is -2.18. The number of aromatic nitrogens is 1. The molecule has 220 valence electrons. The lowest BCUT2D eigenvalue weighted by atomic mass is 9.86. The summed E-state index contributed by atoms with van der Waals surface area (Å²) < 4.78 is 38.3. The first-order valence-corrected chi connectivity index (χ1v) is 15.3. The van der Waals surface area contributed by atoms with Crippen LogP contribution in [0.25, 0.3) is 0 Å². The fourth-order valence-corrected chi connectivity index (χ4v) is 5.16. The van der Waals surface area contributed by atoms with E-state index < -0.39 is 15.9 Å². The molecule has 0 saturated carbocycles. The Morgan fingerprint density at radius 1 is 1.15 bits per heavy atom. The third-order valence-electron chi connectivity index (χ3n) is 6.80. The number of β-amino-alcohol motifs (C(OH)–C–C–N with tert-alkyl or cyclic N) is 1. The minimum absolute atomic E-state index is 0.204. The van der Waals surface area contributed by atoms with Crippen molar-refractivity contribution in [3.05, 3.63) is 71.0 Å². The van der Waals surface area contributed by atoms with Crippen LogP contribution < -0.4 is 19.5 Å². The number of hydrogen-bond donors (Lipinski definition) is 3. The monoisotopic (exact) mass is 582 g/mol. The van der Waals surface area contributed by atoms with E-state index in [0.717, 1.165) is 36.0 Å². The standard InChI is InChI=1S/C30H38N4O6S/c1-19-7-8-20(13-27(19)40-24-9-11-31-22(16-24)17-34-12-10-23(35)18-34)29(36)32-25-14-21(30(2,3)4)15-26(28(25)39-5)33-41(6,37)38/h7-9,11,13-16,23,33,35H,10,12,17-18H2,1-6H3,(H,32,36). The van der Waals surface area contributed by atoms with Crippen LogP contribution in [0, 0.1) is 6.92 Å². The molecule has 0 bridgehead atoms. The minimum Gasteiger partial charge on any atom is -0.492 e. The molecule has 1 atom stereocenters. The lowest BCUT2D eigenvalue weighted by molar-refractivity contribution is 0.102. The van der Waals surface area contributed by atoms with Gasteiger partial charge < -0.3 is 19.9 Å². The largest absolute Gasteiger partial charge is 0.492 e. The maximum atomic E-state index is 13.4. The molecule has 41 heavy (non-hydrogen) atoms. The normalized spacial score (nSPS) is 15.9. The van der Waals surface area contributed by atoms with E-state index in [1.54, 1.807) is 42.6 Å². The minimum atomic E-state index is -3.60. The number of sulfonamides is 1. The Morgan fingerprint density at radius 2 is 1.88 bits per heavy atom. The number of rotatable bonds is 9. The van der Waals surface area contributed by atoms with E-state index >= 15 is 0 Å². The van der Waals surface area contributed by atoms with Gasteiger partial charge in [-0.05, 0) is 60.2 Å². The van der Waals surface area contributed by atoms with Gasteiger partial charge in [-0.15, -0.1) is 0 Å². The van der Waals surface area contributed by atoms with Gasteiger partial charge in [0.2, 0.25) is 10.0 Å². The number of nitrogens with one attached hydrogen (secondary N) is 2. The van der Waals surface area contributed by atoms with Crippen LogP contribution in [0.4, 0.5) is 11.4 Å². The van der Waals surface area contributed by atoms with Gasteiger partial charge in [0.05, 0.1) is 36.5 Å². The summed E-state index contributed by atoms with van der Waals surface area (Å²) in [6, 6.07) is 12.3. The number of aliphatic hydroxyl groups excluding tert-OH is 1. The Labute approximate surface area is 241 Å². The van der Waals surface area contributed by atoms with Crippen molar-refractivity contribution in [2.75, 3.05) is 36.5 Å². The predicted octanol–water partition coefficient (Wildman–Crippen LogP) is 4.68. The molecule has 1 aliphatic rings. The fraction of sp³-hybridized carbons (Fsp3) is 0.400. The number of pyridine rings is 1. The quantitative estimate of drug-likeness (QED) is 0.332. The summed E-state index contributed by atoms with van der Waals surface area (Å²) in [4.78, 5) is 20.0. The van der Waals surface area contributed by atoms with Crippen LogP contribution in [0.1, 0.15) is 54.4 Å². The number of aliphatic hydroxyl groups is 1. The second-order valence-corrected chi connectivity index (χ2v) is 13.2. The number of aryl methyl sites for hydroxylation is 1. The van der Waals surface area contributed by atoms with E-state index in [1.165, 1.54) is 7.11 Å². The van der Waals surface area contributed by atoms with Gasteiger partial charge in [-0.25, -0.2) is 8.42 Å².